The van der Waals surface area contributed by atoms with Crippen LogP contribution in [-0.4, -0.2) is 28.2 Å². The van der Waals surface area contributed by atoms with E-state index in [9.17, 15) is 9.59 Å². The van der Waals surface area contributed by atoms with E-state index in [0.29, 0.717) is 23.7 Å². The summed E-state index contributed by atoms with van der Waals surface area (Å²) in [5, 5.41) is 0.302. The minimum atomic E-state index is -0.265. The van der Waals surface area contributed by atoms with Crippen LogP contribution < -0.4 is 0 Å². The SMILES string of the molecule is CCCc1cc(C(=O)N2CCCC2=O)cc(Cl)n1. The molecule has 1 saturated heterocycles. The highest BCUT2D eigenvalue weighted by Gasteiger charge is 2.27. The molecule has 0 aliphatic carbocycles. The Morgan fingerprint density at radius 2 is 2.28 bits per heavy atom. The van der Waals surface area contributed by atoms with E-state index in [-0.39, 0.29) is 11.8 Å². The lowest BCUT2D eigenvalue weighted by Gasteiger charge is -2.14. The Hall–Kier alpha value is -1.42. The number of nitrogens with zero attached hydrogens (tertiary/aromatic N) is 2. The summed E-state index contributed by atoms with van der Waals surface area (Å²) in [6.45, 7) is 2.54. The molecule has 0 bridgehead atoms. The third kappa shape index (κ3) is 2.70. The third-order valence-electron chi connectivity index (χ3n) is 2.92. The zero-order valence-electron chi connectivity index (χ0n) is 10.3. The number of pyridine rings is 1. The van der Waals surface area contributed by atoms with E-state index in [1.54, 1.807) is 6.07 Å². The first-order chi connectivity index (χ1) is 8.61. The molecule has 0 N–H and O–H groups in total. The molecule has 1 aliphatic rings. The van der Waals surface area contributed by atoms with Gasteiger partial charge in [-0.2, -0.15) is 0 Å². The Morgan fingerprint density at radius 3 is 2.89 bits per heavy atom. The topological polar surface area (TPSA) is 50.3 Å². The summed E-state index contributed by atoms with van der Waals surface area (Å²) in [7, 11) is 0. The van der Waals surface area contributed by atoms with Gasteiger partial charge < -0.3 is 0 Å². The summed E-state index contributed by atoms with van der Waals surface area (Å²) in [6.07, 6.45) is 2.90. The number of halogens is 1. The van der Waals surface area contributed by atoms with Gasteiger partial charge in [0.1, 0.15) is 5.15 Å². The third-order valence-corrected chi connectivity index (χ3v) is 3.11. The molecule has 0 saturated carbocycles. The van der Waals surface area contributed by atoms with Crippen molar-refractivity contribution in [3.05, 3.63) is 28.5 Å². The predicted octanol–water partition coefficient (Wildman–Crippen LogP) is 2.45. The van der Waals surface area contributed by atoms with Gasteiger partial charge in [-0.05, 0) is 25.0 Å². The average molecular weight is 267 g/mol. The zero-order chi connectivity index (χ0) is 13.1. The maximum atomic E-state index is 12.2. The fourth-order valence-corrected chi connectivity index (χ4v) is 2.30. The predicted molar refractivity (Wildman–Crippen MR) is 68.5 cm³/mol. The van der Waals surface area contributed by atoms with Gasteiger partial charge in [0.15, 0.2) is 0 Å². The van der Waals surface area contributed by atoms with Gasteiger partial charge in [-0.1, -0.05) is 24.9 Å². The first-order valence-electron chi connectivity index (χ1n) is 6.13. The first kappa shape index (κ1) is 13.0. The molecule has 1 fully saturated rings. The van der Waals surface area contributed by atoms with E-state index >= 15 is 0 Å². The number of hydrogen-bond donors (Lipinski definition) is 0. The summed E-state index contributed by atoms with van der Waals surface area (Å²) in [5.41, 5.74) is 1.24. The molecule has 2 rings (SSSR count). The lowest BCUT2D eigenvalue weighted by Crippen LogP contribution is -2.31. The van der Waals surface area contributed by atoms with Gasteiger partial charge >= 0.3 is 0 Å². The van der Waals surface area contributed by atoms with Crippen LogP contribution in [0.25, 0.3) is 0 Å². The van der Waals surface area contributed by atoms with E-state index in [2.05, 4.69) is 4.98 Å². The summed E-state index contributed by atoms with van der Waals surface area (Å²) in [5.74, 6) is -0.371. The Labute approximate surface area is 111 Å². The molecule has 1 aromatic rings. The van der Waals surface area contributed by atoms with E-state index in [1.807, 2.05) is 6.92 Å². The Bertz CT molecular complexity index is 488. The van der Waals surface area contributed by atoms with Crippen molar-refractivity contribution in [2.45, 2.75) is 32.6 Å². The molecular formula is C13H15ClN2O2. The van der Waals surface area contributed by atoms with Gasteiger partial charge in [0, 0.05) is 24.2 Å². The van der Waals surface area contributed by atoms with E-state index in [4.69, 9.17) is 11.6 Å². The lowest BCUT2D eigenvalue weighted by atomic mass is 10.1. The molecule has 0 spiro atoms. The van der Waals surface area contributed by atoms with Crippen molar-refractivity contribution < 1.29 is 9.59 Å². The molecule has 2 amide bonds. The van der Waals surface area contributed by atoms with Gasteiger partial charge in [0.25, 0.3) is 5.91 Å². The number of carbonyl (C=O) groups excluding carboxylic acids is 2. The normalized spacial score (nSPS) is 15.2. The zero-order valence-corrected chi connectivity index (χ0v) is 11.0. The van der Waals surface area contributed by atoms with Crippen molar-refractivity contribution >= 4 is 23.4 Å². The monoisotopic (exact) mass is 266 g/mol. The van der Waals surface area contributed by atoms with E-state index < -0.39 is 0 Å². The summed E-state index contributed by atoms with van der Waals surface area (Å²) in [6, 6.07) is 3.25. The van der Waals surface area contributed by atoms with Crippen LogP contribution in [0.2, 0.25) is 5.15 Å². The van der Waals surface area contributed by atoms with Crippen LogP contribution in [0, 0.1) is 0 Å². The van der Waals surface area contributed by atoms with Crippen molar-refractivity contribution in [1.29, 1.82) is 0 Å². The highest BCUT2D eigenvalue weighted by atomic mass is 35.5. The van der Waals surface area contributed by atoms with Gasteiger partial charge in [0.2, 0.25) is 5.91 Å². The Kier molecular flexibility index (Phi) is 3.97. The summed E-state index contributed by atoms with van der Waals surface area (Å²) >= 11 is 5.91. The van der Waals surface area contributed by atoms with Crippen LogP contribution in [0.1, 0.15) is 42.2 Å². The fourth-order valence-electron chi connectivity index (χ4n) is 2.08. The second kappa shape index (κ2) is 5.48. The van der Waals surface area contributed by atoms with Crippen molar-refractivity contribution in [2.24, 2.45) is 0 Å². The van der Waals surface area contributed by atoms with Crippen molar-refractivity contribution in [1.82, 2.24) is 9.88 Å². The van der Waals surface area contributed by atoms with Crippen LogP contribution in [0.15, 0.2) is 12.1 Å². The van der Waals surface area contributed by atoms with Gasteiger partial charge in [0.05, 0.1) is 0 Å². The molecule has 0 radical (unpaired) electrons. The number of amides is 2. The first-order valence-corrected chi connectivity index (χ1v) is 6.50. The molecule has 0 atom stereocenters. The van der Waals surface area contributed by atoms with E-state index in [1.165, 1.54) is 11.0 Å². The number of aromatic nitrogens is 1. The minimum Gasteiger partial charge on any atom is -0.279 e. The van der Waals surface area contributed by atoms with Gasteiger partial charge in [-0.15, -0.1) is 0 Å². The molecule has 5 heteroatoms. The van der Waals surface area contributed by atoms with Gasteiger partial charge in [-0.3, -0.25) is 14.5 Å². The van der Waals surface area contributed by atoms with Crippen LogP contribution in [0.5, 0.6) is 0 Å². The van der Waals surface area contributed by atoms with Crippen molar-refractivity contribution in [3.63, 3.8) is 0 Å². The highest BCUT2D eigenvalue weighted by Crippen LogP contribution is 2.18. The number of aryl methyl sites for hydroxylation is 1. The molecule has 18 heavy (non-hydrogen) atoms. The maximum absolute atomic E-state index is 12.2. The quantitative estimate of drug-likeness (QED) is 0.624. The van der Waals surface area contributed by atoms with Crippen molar-refractivity contribution in [3.8, 4) is 0 Å². The minimum absolute atomic E-state index is 0.107. The second-order valence-electron chi connectivity index (χ2n) is 4.37. The molecule has 96 valence electrons. The fraction of sp³-hybridized carbons (Fsp3) is 0.462. The molecule has 2 heterocycles. The van der Waals surface area contributed by atoms with Crippen molar-refractivity contribution in [2.75, 3.05) is 6.54 Å². The number of rotatable bonds is 3. The maximum Gasteiger partial charge on any atom is 0.260 e. The van der Waals surface area contributed by atoms with Crippen LogP contribution in [0.3, 0.4) is 0 Å². The number of hydrogen-bond acceptors (Lipinski definition) is 3. The average Bonchev–Trinajstić information content (AvgIpc) is 2.74. The smallest absolute Gasteiger partial charge is 0.260 e. The number of imide groups is 1. The molecule has 0 aromatic carbocycles. The molecule has 4 nitrogen and oxygen atoms in total. The molecular weight excluding hydrogens is 252 g/mol. The molecule has 0 unspecified atom stereocenters. The van der Waals surface area contributed by atoms with Crippen LogP contribution >= 0.6 is 11.6 Å². The lowest BCUT2D eigenvalue weighted by molar-refractivity contribution is -0.125. The largest absolute Gasteiger partial charge is 0.279 e. The highest BCUT2D eigenvalue weighted by molar-refractivity contribution is 6.29. The van der Waals surface area contributed by atoms with Crippen LogP contribution in [-0.2, 0) is 11.2 Å². The van der Waals surface area contributed by atoms with Gasteiger partial charge in [-0.25, -0.2) is 4.98 Å². The number of likely N-dealkylation sites (tertiary alicyclic amines) is 1. The Morgan fingerprint density at radius 1 is 1.50 bits per heavy atom. The van der Waals surface area contributed by atoms with E-state index in [0.717, 1.165) is 25.0 Å². The summed E-state index contributed by atoms with van der Waals surface area (Å²) in [4.78, 5) is 29.2. The number of carbonyl (C=O) groups is 2. The standard InChI is InChI=1S/C13H15ClN2O2/c1-2-4-10-7-9(8-11(14)15-10)13(18)16-6-3-5-12(16)17/h7-8H,2-6H2,1H3. The summed E-state index contributed by atoms with van der Waals surface area (Å²) < 4.78 is 0. The molecule has 1 aromatic heterocycles. The van der Waals surface area contributed by atoms with Crippen LogP contribution in [0.4, 0.5) is 0 Å². The second-order valence-corrected chi connectivity index (χ2v) is 4.76. The Balaban J connectivity index is 2.26. The molecule has 1 aliphatic heterocycles.